The van der Waals surface area contributed by atoms with Gasteiger partial charge >= 0.3 is 0 Å². The molecule has 2 N–H and O–H groups in total. The molecule has 0 bridgehead atoms. The van der Waals surface area contributed by atoms with E-state index >= 15 is 0 Å². The van der Waals surface area contributed by atoms with Crippen LogP contribution in [0.4, 0.5) is 0 Å². The number of amides is 1. The summed E-state index contributed by atoms with van der Waals surface area (Å²) in [4.78, 5) is 9.47. The highest BCUT2D eigenvalue weighted by Gasteiger charge is 1.78. The highest BCUT2D eigenvalue weighted by atomic mass is 35.5. The normalized spacial score (nSPS) is 8.93. The molecule has 0 fully saturated rings. The summed E-state index contributed by atoms with van der Waals surface area (Å²) in [5.41, 5.74) is 7.18. The number of carbonyl (C=O) groups excluding carboxylic acids is 1. The molecule has 0 spiro atoms. The fourth-order valence-electron chi connectivity index (χ4n) is 0.637. The Morgan fingerprint density at radius 3 is 2.21 bits per heavy atom. The van der Waals surface area contributed by atoms with Crippen molar-refractivity contribution in [2.75, 3.05) is 0 Å². The van der Waals surface area contributed by atoms with Crippen molar-refractivity contribution in [1.82, 2.24) is 0 Å². The van der Waals surface area contributed by atoms with Crippen LogP contribution in [0.3, 0.4) is 0 Å². The SMILES string of the molecule is C=CC(N)=O.ClC=Cc1ccccc1. The Morgan fingerprint density at radius 2 is 1.86 bits per heavy atom. The monoisotopic (exact) mass is 209 g/mol. The zero-order valence-electron chi connectivity index (χ0n) is 7.69. The van der Waals surface area contributed by atoms with Crippen molar-refractivity contribution in [2.24, 2.45) is 5.73 Å². The van der Waals surface area contributed by atoms with Gasteiger partial charge in [0.15, 0.2) is 0 Å². The molecule has 2 nitrogen and oxygen atoms in total. The van der Waals surface area contributed by atoms with E-state index in [1.807, 2.05) is 36.4 Å². The number of benzene rings is 1. The Bertz CT molecular complexity index is 306. The van der Waals surface area contributed by atoms with Gasteiger partial charge in [0.25, 0.3) is 0 Å². The number of nitrogens with two attached hydrogens (primary N) is 1. The molecule has 1 aromatic carbocycles. The summed E-state index contributed by atoms with van der Waals surface area (Å²) in [5, 5.41) is 0. The summed E-state index contributed by atoms with van der Waals surface area (Å²) >= 11 is 5.36. The molecule has 74 valence electrons. The van der Waals surface area contributed by atoms with E-state index in [0.717, 1.165) is 11.6 Å². The lowest BCUT2D eigenvalue weighted by Gasteiger charge is -1.86. The number of halogens is 1. The number of rotatable bonds is 2. The van der Waals surface area contributed by atoms with Crippen LogP contribution >= 0.6 is 11.6 Å². The highest BCUT2D eigenvalue weighted by Crippen LogP contribution is 2.00. The van der Waals surface area contributed by atoms with Crippen molar-refractivity contribution in [3.63, 3.8) is 0 Å². The summed E-state index contributed by atoms with van der Waals surface area (Å²) in [6.45, 7) is 3.09. The second-order valence-corrected chi connectivity index (χ2v) is 2.56. The van der Waals surface area contributed by atoms with Gasteiger partial charge in [0.1, 0.15) is 0 Å². The van der Waals surface area contributed by atoms with Crippen LogP contribution in [0.1, 0.15) is 5.56 Å². The minimum absolute atomic E-state index is 0.481. The number of primary amides is 1. The van der Waals surface area contributed by atoms with E-state index in [-0.39, 0.29) is 0 Å². The van der Waals surface area contributed by atoms with Gasteiger partial charge in [-0.25, -0.2) is 0 Å². The third-order valence-corrected chi connectivity index (χ3v) is 1.38. The van der Waals surface area contributed by atoms with Gasteiger partial charge in [-0.1, -0.05) is 48.5 Å². The largest absolute Gasteiger partial charge is 0.366 e. The maximum absolute atomic E-state index is 9.47. The first-order valence-corrected chi connectivity index (χ1v) is 4.38. The number of hydrogen-bond donors (Lipinski definition) is 1. The molecule has 1 amide bonds. The topological polar surface area (TPSA) is 43.1 Å². The smallest absolute Gasteiger partial charge is 0.240 e. The van der Waals surface area contributed by atoms with E-state index in [1.165, 1.54) is 5.54 Å². The summed E-state index contributed by atoms with van der Waals surface area (Å²) in [7, 11) is 0. The molecular formula is C11H12ClNO. The summed E-state index contributed by atoms with van der Waals surface area (Å²) in [5.74, 6) is -0.481. The number of carbonyl (C=O) groups is 1. The van der Waals surface area contributed by atoms with Crippen molar-refractivity contribution >= 4 is 23.6 Å². The van der Waals surface area contributed by atoms with Crippen LogP contribution in [0.15, 0.2) is 48.5 Å². The molecule has 0 heterocycles. The predicted molar refractivity (Wildman–Crippen MR) is 60.7 cm³/mol. The standard InChI is InChI=1S/C8H7Cl.C3H5NO/c9-7-6-8-4-2-1-3-5-8;1-2-3(4)5/h1-7H;2H,1H2,(H2,4,5). The molecule has 0 atom stereocenters. The van der Waals surface area contributed by atoms with Crippen molar-refractivity contribution in [2.45, 2.75) is 0 Å². The number of hydrogen-bond acceptors (Lipinski definition) is 1. The van der Waals surface area contributed by atoms with Crippen LogP contribution in [0.5, 0.6) is 0 Å². The maximum atomic E-state index is 9.47. The molecule has 0 saturated carbocycles. The Labute approximate surface area is 88.7 Å². The quantitative estimate of drug-likeness (QED) is 0.748. The van der Waals surface area contributed by atoms with Gasteiger partial charge in [-0.2, -0.15) is 0 Å². The molecule has 14 heavy (non-hydrogen) atoms. The van der Waals surface area contributed by atoms with Crippen molar-refractivity contribution in [1.29, 1.82) is 0 Å². The lowest BCUT2D eigenvalue weighted by molar-refractivity contribution is -0.113. The lowest BCUT2D eigenvalue weighted by Crippen LogP contribution is -2.04. The van der Waals surface area contributed by atoms with Crippen molar-refractivity contribution in [3.05, 3.63) is 54.1 Å². The molecule has 0 saturated heterocycles. The van der Waals surface area contributed by atoms with Crippen LogP contribution in [-0.4, -0.2) is 5.91 Å². The van der Waals surface area contributed by atoms with Gasteiger partial charge < -0.3 is 5.73 Å². The zero-order valence-corrected chi connectivity index (χ0v) is 8.45. The summed E-state index contributed by atoms with van der Waals surface area (Å²) in [6.07, 6.45) is 2.90. The van der Waals surface area contributed by atoms with E-state index < -0.39 is 5.91 Å². The van der Waals surface area contributed by atoms with Gasteiger partial charge in [0.05, 0.1) is 0 Å². The van der Waals surface area contributed by atoms with Crippen molar-refractivity contribution in [3.8, 4) is 0 Å². The van der Waals surface area contributed by atoms with E-state index in [9.17, 15) is 4.79 Å². The third kappa shape index (κ3) is 7.13. The van der Waals surface area contributed by atoms with Gasteiger partial charge in [0, 0.05) is 5.54 Å². The van der Waals surface area contributed by atoms with Gasteiger partial charge in [-0.3, -0.25) is 4.79 Å². The van der Waals surface area contributed by atoms with Crippen LogP contribution < -0.4 is 5.73 Å². The van der Waals surface area contributed by atoms with E-state index in [4.69, 9.17) is 11.6 Å². The third-order valence-electron chi connectivity index (χ3n) is 1.26. The predicted octanol–water partition coefficient (Wildman–Crippen LogP) is 2.55. The van der Waals surface area contributed by atoms with E-state index in [0.29, 0.717) is 0 Å². The van der Waals surface area contributed by atoms with E-state index in [2.05, 4.69) is 12.3 Å². The first-order valence-electron chi connectivity index (χ1n) is 3.94. The second kappa shape index (κ2) is 8.08. The zero-order chi connectivity index (χ0) is 10.8. The van der Waals surface area contributed by atoms with E-state index in [1.54, 1.807) is 0 Å². The van der Waals surface area contributed by atoms with Crippen LogP contribution in [0, 0.1) is 0 Å². The molecule has 0 radical (unpaired) electrons. The van der Waals surface area contributed by atoms with Gasteiger partial charge in [-0.05, 0) is 17.7 Å². The molecule has 3 heteroatoms. The molecule has 0 aliphatic heterocycles. The Morgan fingerprint density at radius 1 is 1.36 bits per heavy atom. The lowest BCUT2D eigenvalue weighted by atomic mass is 10.2. The second-order valence-electron chi connectivity index (χ2n) is 2.31. The Hall–Kier alpha value is -1.54. The maximum Gasteiger partial charge on any atom is 0.240 e. The molecule has 0 unspecified atom stereocenters. The molecular weight excluding hydrogens is 198 g/mol. The fraction of sp³-hybridized carbons (Fsp3) is 0. The first-order chi connectivity index (χ1) is 6.70. The molecule has 0 aliphatic carbocycles. The summed E-state index contributed by atoms with van der Waals surface area (Å²) < 4.78 is 0. The van der Waals surface area contributed by atoms with Crippen LogP contribution in [0.25, 0.3) is 6.08 Å². The minimum atomic E-state index is -0.481. The highest BCUT2D eigenvalue weighted by molar-refractivity contribution is 6.27. The van der Waals surface area contributed by atoms with Crippen LogP contribution in [0.2, 0.25) is 0 Å². The molecule has 0 aromatic heterocycles. The average molecular weight is 210 g/mol. The minimum Gasteiger partial charge on any atom is -0.366 e. The Balaban J connectivity index is 0.000000292. The molecule has 1 rings (SSSR count). The fourth-order valence-corrected chi connectivity index (χ4v) is 0.782. The molecule has 1 aromatic rings. The summed E-state index contributed by atoms with van der Waals surface area (Å²) in [6, 6.07) is 9.93. The van der Waals surface area contributed by atoms with Crippen LogP contribution in [-0.2, 0) is 4.79 Å². The first kappa shape index (κ1) is 12.5. The van der Waals surface area contributed by atoms with Gasteiger partial charge in [0.2, 0.25) is 5.91 Å². The average Bonchev–Trinajstić information content (AvgIpc) is 2.21. The molecule has 0 aliphatic rings. The Kier molecular flexibility index (Phi) is 7.19. The van der Waals surface area contributed by atoms with Gasteiger partial charge in [-0.15, -0.1) is 0 Å². The van der Waals surface area contributed by atoms with Crippen molar-refractivity contribution < 1.29 is 4.79 Å².